The van der Waals surface area contributed by atoms with Crippen molar-refractivity contribution in [3.8, 4) is 17.0 Å². The van der Waals surface area contributed by atoms with Crippen LogP contribution < -0.4 is 9.64 Å². The molecule has 0 aliphatic carbocycles. The van der Waals surface area contributed by atoms with Crippen LogP contribution in [0.2, 0.25) is 0 Å². The van der Waals surface area contributed by atoms with Gasteiger partial charge in [-0.1, -0.05) is 12.1 Å². The maximum Gasteiger partial charge on any atom is 0.257 e. The normalized spacial score (nSPS) is 14.2. The minimum Gasteiger partial charge on any atom is -0.496 e. The van der Waals surface area contributed by atoms with Gasteiger partial charge in [-0.2, -0.15) is 5.10 Å². The lowest BCUT2D eigenvalue weighted by atomic mass is 10.1. The number of H-pyrrole nitrogens is 1. The molecule has 6 nitrogen and oxygen atoms in total. The van der Waals surface area contributed by atoms with Crippen molar-refractivity contribution in [3.05, 3.63) is 66.0 Å². The molecular weight excluding hydrogens is 359 g/mol. The van der Waals surface area contributed by atoms with Crippen LogP contribution in [0, 0.1) is 5.82 Å². The van der Waals surface area contributed by atoms with Crippen molar-refractivity contribution in [2.75, 3.05) is 38.2 Å². The van der Waals surface area contributed by atoms with Crippen LogP contribution in [0.15, 0.2) is 54.6 Å². The van der Waals surface area contributed by atoms with E-state index in [1.807, 2.05) is 23.1 Å². The third-order valence-corrected chi connectivity index (χ3v) is 4.95. The fourth-order valence-electron chi connectivity index (χ4n) is 3.38. The Morgan fingerprint density at radius 1 is 1.07 bits per heavy atom. The van der Waals surface area contributed by atoms with Crippen molar-refractivity contribution in [1.82, 2.24) is 15.1 Å². The van der Waals surface area contributed by atoms with Crippen molar-refractivity contribution in [2.24, 2.45) is 0 Å². The molecule has 144 valence electrons. The highest BCUT2D eigenvalue weighted by molar-refractivity contribution is 5.97. The van der Waals surface area contributed by atoms with Crippen molar-refractivity contribution < 1.29 is 13.9 Å². The number of halogens is 1. The van der Waals surface area contributed by atoms with Gasteiger partial charge < -0.3 is 14.5 Å². The van der Waals surface area contributed by atoms with Crippen molar-refractivity contribution in [1.29, 1.82) is 0 Å². The Balaban J connectivity index is 1.42. The van der Waals surface area contributed by atoms with E-state index >= 15 is 0 Å². The van der Waals surface area contributed by atoms with Gasteiger partial charge in [-0.3, -0.25) is 9.89 Å². The predicted molar refractivity (Wildman–Crippen MR) is 105 cm³/mol. The van der Waals surface area contributed by atoms with E-state index < -0.39 is 0 Å². The van der Waals surface area contributed by atoms with E-state index in [-0.39, 0.29) is 11.7 Å². The van der Waals surface area contributed by atoms with Gasteiger partial charge in [0.05, 0.1) is 18.4 Å². The molecule has 1 aromatic heterocycles. The molecular formula is C21H21FN4O2. The summed E-state index contributed by atoms with van der Waals surface area (Å²) in [6, 6.07) is 15.5. The van der Waals surface area contributed by atoms with Gasteiger partial charge in [-0.25, -0.2) is 4.39 Å². The van der Waals surface area contributed by atoms with Gasteiger partial charge >= 0.3 is 0 Å². The zero-order valence-corrected chi connectivity index (χ0v) is 15.6. The second-order valence-electron chi connectivity index (χ2n) is 6.63. The summed E-state index contributed by atoms with van der Waals surface area (Å²) in [4.78, 5) is 16.8. The Morgan fingerprint density at radius 3 is 2.50 bits per heavy atom. The SMILES string of the molecule is COc1ccccc1C(=O)N1CCN(c2cc(-c3ccc(F)cc3)[nH]n2)CC1. The number of aromatic amines is 1. The summed E-state index contributed by atoms with van der Waals surface area (Å²) in [7, 11) is 1.57. The average Bonchev–Trinajstić information content (AvgIpc) is 3.24. The van der Waals surface area contributed by atoms with Crippen LogP contribution in [0.1, 0.15) is 10.4 Å². The third kappa shape index (κ3) is 3.55. The number of ether oxygens (including phenoxy) is 1. The monoisotopic (exact) mass is 380 g/mol. The smallest absolute Gasteiger partial charge is 0.257 e. The standard InChI is InChI=1S/C21H21FN4O2/c1-28-19-5-3-2-4-17(19)21(27)26-12-10-25(11-13-26)20-14-18(23-24-20)15-6-8-16(22)9-7-15/h2-9,14H,10-13H2,1H3,(H,23,24). The van der Waals surface area contributed by atoms with E-state index in [9.17, 15) is 9.18 Å². The van der Waals surface area contributed by atoms with E-state index in [1.165, 1.54) is 12.1 Å². The van der Waals surface area contributed by atoms with E-state index in [2.05, 4.69) is 15.1 Å². The minimum atomic E-state index is -0.265. The largest absolute Gasteiger partial charge is 0.496 e. The predicted octanol–water partition coefficient (Wildman–Crippen LogP) is 3.19. The topological polar surface area (TPSA) is 61.5 Å². The number of amides is 1. The molecule has 1 fully saturated rings. The van der Waals surface area contributed by atoms with Gasteiger partial charge in [0.15, 0.2) is 5.82 Å². The van der Waals surface area contributed by atoms with E-state index in [0.29, 0.717) is 37.5 Å². The number of anilines is 1. The number of nitrogens with zero attached hydrogens (tertiary/aromatic N) is 3. The molecule has 2 aromatic carbocycles. The molecule has 0 bridgehead atoms. The maximum atomic E-state index is 13.1. The van der Waals surface area contributed by atoms with Gasteiger partial charge in [-0.05, 0) is 42.0 Å². The Hall–Kier alpha value is -3.35. The van der Waals surface area contributed by atoms with Crippen molar-refractivity contribution in [2.45, 2.75) is 0 Å². The molecule has 0 spiro atoms. The lowest BCUT2D eigenvalue weighted by Gasteiger charge is -2.35. The first-order valence-corrected chi connectivity index (χ1v) is 9.14. The Morgan fingerprint density at radius 2 is 1.79 bits per heavy atom. The highest BCUT2D eigenvalue weighted by Gasteiger charge is 2.25. The summed E-state index contributed by atoms with van der Waals surface area (Å²) >= 11 is 0. The maximum absolute atomic E-state index is 13.1. The number of piperazine rings is 1. The second kappa shape index (κ2) is 7.72. The zero-order chi connectivity index (χ0) is 19.5. The Labute approximate surface area is 162 Å². The average molecular weight is 380 g/mol. The molecule has 3 aromatic rings. The number of methoxy groups -OCH3 is 1. The van der Waals surface area contributed by atoms with Crippen LogP contribution in [0.4, 0.5) is 10.2 Å². The van der Waals surface area contributed by atoms with Crippen molar-refractivity contribution >= 4 is 11.7 Å². The summed E-state index contributed by atoms with van der Waals surface area (Å²) in [5.41, 5.74) is 2.30. The molecule has 1 saturated heterocycles. The van der Waals surface area contributed by atoms with E-state index in [0.717, 1.165) is 17.1 Å². The van der Waals surface area contributed by atoms with Gasteiger partial charge in [0.25, 0.3) is 5.91 Å². The number of hydrogen-bond donors (Lipinski definition) is 1. The number of carbonyl (C=O) groups is 1. The Bertz CT molecular complexity index is 963. The molecule has 0 unspecified atom stereocenters. The molecule has 1 N–H and O–H groups in total. The number of carbonyl (C=O) groups excluding carboxylic acids is 1. The van der Waals surface area contributed by atoms with Gasteiger partial charge in [0.1, 0.15) is 11.6 Å². The number of para-hydroxylation sites is 1. The number of benzene rings is 2. The van der Waals surface area contributed by atoms with E-state index in [4.69, 9.17) is 4.74 Å². The highest BCUT2D eigenvalue weighted by Crippen LogP contribution is 2.24. The quantitative estimate of drug-likeness (QED) is 0.755. The van der Waals surface area contributed by atoms with Crippen LogP contribution in [0.25, 0.3) is 11.3 Å². The number of aromatic nitrogens is 2. The Kier molecular flexibility index (Phi) is 4.97. The first kappa shape index (κ1) is 18.0. The van der Waals surface area contributed by atoms with Crippen LogP contribution in [0.3, 0.4) is 0 Å². The molecule has 7 heteroatoms. The fraction of sp³-hybridized carbons (Fsp3) is 0.238. The molecule has 0 radical (unpaired) electrons. The van der Waals surface area contributed by atoms with Crippen LogP contribution in [-0.2, 0) is 0 Å². The lowest BCUT2D eigenvalue weighted by molar-refractivity contribution is 0.0743. The molecule has 1 aliphatic heterocycles. The van der Waals surface area contributed by atoms with Crippen LogP contribution in [0.5, 0.6) is 5.75 Å². The lowest BCUT2D eigenvalue weighted by Crippen LogP contribution is -2.49. The first-order chi connectivity index (χ1) is 13.7. The van der Waals surface area contributed by atoms with Gasteiger partial charge in [0.2, 0.25) is 0 Å². The molecule has 0 saturated carbocycles. The zero-order valence-electron chi connectivity index (χ0n) is 15.6. The number of nitrogens with one attached hydrogen (secondary N) is 1. The molecule has 4 rings (SSSR count). The number of rotatable bonds is 4. The van der Waals surface area contributed by atoms with Gasteiger partial charge in [0, 0.05) is 32.2 Å². The second-order valence-corrected chi connectivity index (χ2v) is 6.63. The van der Waals surface area contributed by atoms with Crippen LogP contribution >= 0.6 is 0 Å². The molecule has 0 atom stereocenters. The molecule has 2 heterocycles. The highest BCUT2D eigenvalue weighted by atomic mass is 19.1. The molecule has 28 heavy (non-hydrogen) atoms. The van der Waals surface area contributed by atoms with Gasteiger partial charge in [-0.15, -0.1) is 0 Å². The molecule has 1 aliphatic rings. The fourth-order valence-corrected chi connectivity index (χ4v) is 3.38. The van der Waals surface area contributed by atoms with E-state index in [1.54, 1.807) is 31.4 Å². The summed E-state index contributed by atoms with van der Waals surface area (Å²) in [6.07, 6.45) is 0. The number of hydrogen-bond acceptors (Lipinski definition) is 4. The summed E-state index contributed by atoms with van der Waals surface area (Å²) in [5.74, 6) is 1.13. The van der Waals surface area contributed by atoms with Crippen LogP contribution in [-0.4, -0.2) is 54.3 Å². The first-order valence-electron chi connectivity index (χ1n) is 9.14. The minimum absolute atomic E-state index is 0.0221. The molecule has 1 amide bonds. The summed E-state index contributed by atoms with van der Waals surface area (Å²) in [5, 5.41) is 7.38. The third-order valence-electron chi connectivity index (χ3n) is 4.95. The summed E-state index contributed by atoms with van der Waals surface area (Å²) < 4.78 is 18.4. The van der Waals surface area contributed by atoms with Crippen molar-refractivity contribution in [3.63, 3.8) is 0 Å². The summed E-state index contributed by atoms with van der Waals surface area (Å²) in [6.45, 7) is 2.59.